The second-order valence-electron chi connectivity index (χ2n) is 20.7. The van der Waals surface area contributed by atoms with Crippen LogP contribution in [0.5, 0.6) is 17.2 Å². The molecular weight excluding hydrogens is 1090 g/mol. The number of rotatable bonds is 8. The maximum Gasteiger partial charge on any atom is 0.247 e. The van der Waals surface area contributed by atoms with E-state index in [0.717, 1.165) is 0 Å². The molecule has 0 spiro atoms. The number of phenolic OH excluding ortho intramolecular Hbond substituents is 1. The molecule has 9 aliphatic rings. The quantitative estimate of drug-likeness (QED) is 0.0956. The minimum atomic E-state index is -1.86. The number of amides is 5. The number of aliphatic hydroxyl groups excluding tert-OH is 7. The van der Waals surface area contributed by atoms with Crippen LogP contribution in [0.1, 0.15) is 70.4 Å². The Morgan fingerprint density at radius 2 is 1.53 bits per heavy atom. The van der Waals surface area contributed by atoms with Gasteiger partial charge in [-0.2, -0.15) is 0 Å². The van der Waals surface area contributed by atoms with Gasteiger partial charge in [0.2, 0.25) is 35.3 Å². The van der Waals surface area contributed by atoms with Crippen molar-refractivity contribution >= 4 is 69.9 Å². The first-order valence-electron chi connectivity index (χ1n) is 25.6. The Bertz CT molecular complexity index is 2940. The van der Waals surface area contributed by atoms with Gasteiger partial charge in [-0.05, 0) is 103 Å². The Hall–Kier alpha value is -6.32. The SMILES string of the molecule is CN[C@H](CC(C)C)C(=O)N[C@H]1C(=O)N[C@@H](CC(N)O)C(=O)N[C@H]2C(=S)N[C@H]3C(=O)N[C@H](C(=O)N[C@H](CO)C4=CC(O)CC(O)=C4C4CC3=CC=C4O)[C@H](O)C3=CC=C(Oc4cc2cc(c4O)OC2=C(Cl)C=C(CC2)[C@H]1O)C(Cl)C3. The van der Waals surface area contributed by atoms with Crippen molar-refractivity contribution in [2.45, 2.75) is 131 Å². The number of alkyl halides is 1. The first-order valence-corrected chi connectivity index (χ1v) is 26.9. The summed E-state index contributed by atoms with van der Waals surface area (Å²) in [6.45, 7) is 2.97. The van der Waals surface area contributed by atoms with Gasteiger partial charge in [0.25, 0.3) is 0 Å². The zero-order valence-corrected chi connectivity index (χ0v) is 45.4. The number of carbonyl (C=O) groups is 5. The van der Waals surface area contributed by atoms with Crippen molar-refractivity contribution in [3.63, 3.8) is 0 Å². The number of thiocarbonyl (C=S) groups is 1. The molecule has 1 saturated heterocycles. The van der Waals surface area contributed by atoms with E-state index in [2.05, 4.69) is 37.2 Å². The van der Waals surface area contributed by atoms with Crippen LogP contribution in [0.15, 0.2) is 105 Å². The van der Waals surface area contributed by atoms with E-state index in [1.807, 2.05) is 13.8 Å². The number of hydrogen-bond donors (Lipinski definition) is 16. The lowest BCUT2D eigenvalue weighted by Gasteiger charge is -2.37. The first kappa shape index (κ1) is 58.8. The van der Waals surface area contributed by atoms with Gasteiger partial charge < -0.3 is 93.3 Å². The summed E-state index contributed by atoms with van der Waals surface area (Å²) in [4.78, 5) is 72.7. The molecule has 11 bridgehead atoms. The molecule has 10 rings (SSSR count). The van der Waals surface area contributed by atoms with Crippen LogP contribution in [0, 0.1) is 11.8 Å². The van der Waals surface area contributed by atoms with Gasteiger partial charge in [0, 0.05) is 30.8 Å². The minimum Gasteiger partial charge on any atom is -0.512 e. The molecule has 4 aliphatic carbocycles. The van der Waals surface area contributed by atoms with E-state index in [-0.39, 0.29) is 116 Å². The van der Waals surface area contributed by atoms with Gasteiger partial charge in [-0.25, -0.2) is 0 Å². The zero-order chi connectivity index (χ0) is 57.3. The molecule has 79 heavy (non-hydrogen) atoms. The van der Waals surface area contributed by atoms with E-state index in [1.165, 1.54) is 48.6 Å². The van der Waals surface area contributed by atoms with Crippen molar-refractivity contribution in [1.29, 1.82) is 0 Å². The summed E-state index contributed by atoms with van der Waals surface area (Å²) in [5.74, 6) is -7.90. The normalized spacial score (nSPS) is 30.4. The Morgan fingerprint density at radius 1 is 0.835 bits per heavy atom. The predicted octanol–water partition coefficient (Wildman–Crippen LogP) is 0.471. The fraction of sp³-hybridized carbons (Fsp3) is 0.472. The largest absolute Gasteiger partial charge is 0.512 e. The number of nitrogens with one attached hydrogen (secondary N) is 7. The number of nitrogens with two attached hydrogens (primary N) is 1. The molecule has 5 aliphatic heterocycles. The van der Waals surface area contributed by atoms with Crippen LogP contribution in [0.2, 0.25) is 0 Å². The third-order valence-electron chi connectivity index (χ3n) is 14.6. The van der Waals surface area contributed by atoms with Crippen LogP contribution in [0.25, 0.3) is 0 Å². The van der Waals surface area contributed by atoms with Gasteiger partial charge in [0.05, 0.1) is 41.0 Å². The maximum atomic E-state index is 15.1. The Labute approximate surface area is 469 Å². The summed E-state index contributed by atoms with van der Waals surface area (Å²) in [7, 11) is 1.55. The highest BCUT2D eigenvalue weighted by Gasteiger charge is 2.44. The number of ether oxygens (including phenoxy) is 2. The van der Waals surface area contributed by atoms with Crippen LogP contribution in [-0.4, -0.2) is 155 Å². The van der Waals surface area contributed by atoms with Gasteiger partial charge in [0.1, 0.15) is 70.9 Å². The summed E-state index contributed by atoms with van der Waals surface area (Å²) >= 11 is 20.0. The van der Waals surface area contributed by atoms with Gasteiger partial charge >= 0.3 is 0 Å². The van der Waals surface area contributed by atoms with Crippen molar-refractivity contribution in [3.8, 4) is 17.2 Å². The molecule has 1 fully saturated rings. The second-order valence-corrected chi connectivity index (χ2v) is 22.1. The van der Waals surface area contributed by atoms with E-state index < -0.39 is 126 Å². The molecule has 5 amide bonds. The average molecular weight is 1160 g/mol. The summed E-state index contributed by atoms with van der Waals surface area (Å²) in [6, 6.07) is -8.36. The predicted molar refractivity (Wildman–Crippen MR) is 290 cm³/mol. The fourth-order valence-corrected chi connectivity index (χ4v) is 11.4. The fourth-order valence-electron chi connectivity index (χ4n) is 10.5. The molecule has 17 N–H and O–H groups in total. The van der Waals surface area contributed by atoms with Crippen molar-refractivity contribution in [1.82, 2.24) is 37.2 Å². The number of likely N-dealkylation sites (N-methyl/N-ethyl adjacent to an activating group) is 1. The first-order chi connectivity index (χ1) is 37.5. The minimum absolute atomic E-state index is 0.000724. The molecular formula is C53H64Cl2N8O15S. The number of fused-ring (bicyclic) bond motifs is 15. The summed E-state index contributed by atoms with van der Waals surface area (Å²) in [5, 5.41) is 109. The van der Waals surface area contributed by atoms with E-state index in [1.54, 1.807) is 7.05 Å². The highest BCUT2D eigenvalue weighted by molar-refractivity contribution is 7.80. The molecule has 4 unspecified atom stereocenters. The van der Waals surface area contributed by atoms with Crippen molar-refractivity contribution in [3.05, 3.63) is 110 Å². The zero-order valence-electron chi connectivity index (χ0n) is 43.0. The molecule has 0 saturated carbocycles. The molecule has 0 radical (unpaired) electrons. The lowest BCUT2D eigenvalue weighted by atomic mass is 9.75. The number of aromatic hydroxyl groups is 1. The maximum absolute atomic E-state index is 15.1. The lowest BCUT2D eigenvalue weighted by molar-refractivity contribution is -0.135. The smallest absolute Gasteiger partial charge is 0.247 e. The highest BCUT2D eigenvalue weighted by atomic mass is 35.5. The van der Waals surface area contributed by atoms with Crippen LogP contribution in [0.4, 0.5) is 0 Å². The number of allylic oxidation sites excluding steroid dienone is 9. The number of phenols is 1. The van der Waals surface area contributed by atoms with Crippen molar-refractivity contribution < 1.29 is 74.3 Å². The molecule has 1 aromatic rings. The monoisotopic (exact) mass is 1150 g/mol. The summed E-state index contributed by atoms with van der Waals surface area (Å²) < 4.78 is 12.7. The molecule has 13 atom stereocenters. The van der Waals surface area contributed by atoms with Crippen LogP contribution in [-0.2, 0) is 24.0 Å². The number of benzene rings is 1. The Morgan fingerprint density at radius 3 is 2.19 bits per heavy atom. The standard InChI is InChI=1S/C53H64Cl2N8O15S/c1-20(2)10-30(57-3)48(72)61-43-45(69)22-5-8-35(28(54)12-22)77-37-14-24-15-38(47(37)71)78-36-9-6-23(13-29(36)55)46(70)44-52(76)59-32(19-64)26-16-25(65)17-34(67)40(26)27-11-21(4-7-33(27)66)41(50(74)62-44)63-53(79)42(24)60-49(73)31(18-39(56)68)58-51(43)75/h4,6-7,9,12,14-16,20,25,27,29-32,39,41-46,57,64-71H,5,8,10-11,13,17-19,56H2,1-3H3,(H,58,75)(H,59,76)(H,60,73)(H,61,72)(H,62,74)(H,63,79)/t25?,27?,29?,30-,31+,32-,39?,41-,42-,43-,44+,45-,46-/m1/s1. The molecule has 26 heteroatoms. The molecule has 5 heterocycles. The van der Waals surface area contributed by atoms with E-state index in [0.29, 0.717) is 6.42 Å². The van der Waals surface area contributed by atoms with Crippen LogP contribution < -0.4 is 52.4 Å². The highest BCUT2D eigenvalue weighted by Crippen LogP contribution is 2.45. The summed E-state index contributed by atoms with van der Waals surface area (Å²) in [5.41, 5.74) is 6.39. The Balaban J connectivity index is 1.32. The number of halogens is 2. The van der Waals surface area contributed by atoms with E-state index in [4.69, 9.17) is 50.6 Å². The number of aliphatic hydroxyl groups is 7. The molecule has 0 aromatic heterocycles. The van der Waals surface area contributed by atoms with Gasteiger partial charge in [-0.1, -0.05) is 49.8 Å². The third-order valence-corrected chi connectivity index (χ3v) is 15.7. The van der Waals surface area contributed by atoms with E-state index >= 15 is 4.79 Å². The Kier molecular flexibility index (Phi) is 18.3. The molecule has 23 nitrogen and oxygen atoms in total. The van der Waals surface area contributed by atoms with Gasteiger partial charge in [-0.15, -0.1) is 11.6 Å². The molecule has 1 aromatic carbocycles. The van der Waals surface area contributed by atoms with Crippen LogP contribution >= 0.6 is 35.4 Å². The van der Waals surface area contributed by atoms with Crippen molar-refractivity contribution in [2.75, 3.05) is 13.7 Å². The topological polar surface area (TPSA) is 376 Å². The average Bonchev–Trinajstić information content (AvgIpc) is 3.42. The van der Waals surface area contributed by atoms with E-state index in [9.17, 15) is 60.0 Å². The van der Waals surface area contributed by atoms with Crippen LogP contribution in [0.3, 0.4) is 0 Å². The lowest BCUT2D eigenvalue weighted by Crippen LogP contribution is -2.62. The van der Waals surface area contributed by atoms with Gasteiger partial charge in [0.15, 0.2) is 11.5 Å². The number of hydrogen-bond acceptors (Lipinski definition) is 18. The molecule has 426 valence electrons. The van der Waals surface area contributed by atoms with Crippen molar-refractivity contribution in [2.24, 2.45) is 17.6 Å². The summed E-state index contributed by atoms with van der Waals surface area (Å²) in [6.07, 6.45) is 0.258. The number of carbonyl (C=O) groups excluding carboxylic acids is 5. The third kappa shape index (κ3) is 12.8. The second kappa shape index (κ2) is 24.6. The van der Waals surface area contributed by atoms with Gasteiger partial charge in [-0.3, -0.25) is 24.0 Å².